The average molecular weight is 155 g/mol. The minimum Gasteiger partial charge on any atom is -0.201 e. The normalized spacial score (nSPS) is 10.3. The molecule has 0 aliphatic carbocycles. The molecule has 0 atom stereocenters. The Balaban J connectivity index is 2.68. The Labute approximate surface area is 58.1 Å². The van der Waals surface area contributed by atoms with Crippen LogP contribution in [0.5, 0.6) is 0 Å². The molecule has 0 aliphatic rings. The molecule has 0 rings (SSSR count). The van der Waals surface area contributed by atoms with E-state index in [2.05, 4.69) is 30.8 Å². The Morgan fingerprint density at radius 2 is 2.14 bits per heavy atom. The van der Waals surface area contributed by atoms with Crippen molar-refractivity contribution in [2.45, 2.75) is 19.1 Å². The SMILES string of the molecule is CC(C)SSNS. The Bertz CT molecular complexity index is 39.2. The van der Waals surface area contributed by atoms with E-state index in [0.29, 0.717) is 5.25 Å². The van der Waals surface area contributed by atoms with Crippen molar-refractivity contribution in [3.8, 4) is 0 Å². The molecule has 0 bridgehead atoms. The molecular formula is C3H9NS3. The lowest BCUT2D eigenvalue weighted by atomic mass is 10.6. The second-order valence-corrected chi connectivity index (χ2v) is 4.43. The summed E-state index contributed by atoms with van der Waals surface area (Å²) >= 11 is 3.79. The quantitative estimate of drug-likeness (QED) is 0.368. The molecule has 0 aromatic carbocycles. The van der Waals surface area contributed by atoms with E-state index in [1.807, 2.05) is 0 Å². The lowest BCUT2D eigenvalue weighted by Crippen LogP contribution is -1.84. The molecular weight excluding hydrogens is 146 g/mol. The maximum absolute atomic E-state index is 3.79. The van der Waals surface area contributed by atoms with Crippen molar-refractivity contribution in [3.05, 3.63) is 0 Å². The van der Waals surface area contributed by atoms with Gasteiger partial charge in [0.15, 0.2) is 0 Å². The summed E-state index contributed by atoms with van der Waals surface area (Å²) < 4.78 is 2.67. The van der Waals surface area contributed by atoms with E-state index in [0.717, 1.165) is 0 Å². The lowest BCUT2D eigenvalue weighted by Gasteiger charge is -1.98. The van der Waals surface area contributed by atoms with E-state index in [-0.39, 0.29) is 0 Å². The van der Waals surface area contributed by atoms with Gasteiger partial charge in [0.2, 0.25) is 0 Å². The molecule has 4 heteroatoms. The molecule has 0 spiro atoms. The van der Waals surface area contributed by atoms with E-state index in [4.69, 9.17) is 0 Å². The highest BCUT2D eigenvalue weighted by molar-refractivity contribution is 8.77. The molecule has 0 saturated carbocycles. The molecule has 1 N–H and O–H groups in total. The predicted molar refractivity (Wildman–Crippen MR) is 42.4 cm³/mol. The van der Waals surface area contributed by atoms with Crippen LogP contribution in [0.15, 0.2) is 0 Å². The van der Waals surface area contributed by atoms with Crippen molar-refractivity contribution in [3.63, 3.8) is 0 Å². The van der Waals surface area contributed by atoms with Gasteiger partial charge in [-0.1, -0.05) is 37.5 Å². The van der Waals surface area contributed by atoms with Gasteiger partial charge in [-0.05, 0) is 11.0 Å². The third kappa shape index (κ3) is 7.01. The van der Waals surface area contributed by atoms with Crippen molar-refractivity contribution in [2.24, 2.45) is 0 Å². The molecule has 0 heterocycles. The first-order valence-corrected chi connectivity index (χ1v) is 4.65. The van der Waals surface area contributed by atoms with Gasteiger partial charge >= 0.3 is 0 Å². The second-order valence-electron chi connectivity index (χ2n) is 1.32. The highest BCUT2D eigenvalue weighted by Gasteiger charge is 1.89. The van der Waals surface area contributed by atoms with Crippen LogP contribution in [-0.4, -0.2) is 5.25 Å². The summed E-state index contributed by atoms with van der Waals surface area (Å²) in [5, 5.41) is 0.671. The van der Waals surface area contributed by atoms with Gasteiger partial charge in [0.05, 0.1) is 0 Å². The first kappa shape index (κ1) is 8.01. The van der Waals surface area contributed by atoms with E-state index < -0.39 is 0 Å². The summed E-state index contributed by atoms with van der Waals surface area (Å²) in [5.41, 5.74) is 0. The zero-order chi connectivity index (χ0) is 5.70. The molecule has 0 unspecified atom stereocenters. The second kappa shape index (κ2) is 5.15. The molecule has 0 saturated heterocycles. The highest BCUT2D eigenvalue weighted by Crippen LogP contribution is 2.22. The number of hydrogen-bond acceptors (Lipinski definition) is 4. The maximum Gasteiger partial charge on any atom is 0.0107 e. The minimum atomic E-state index is 0.671. The van der Waals surface area contributed by atoms with Gasteiger partial charge < -0.3 is 0 Å². The van der Waals surface area contributed by atoms with Crippen LogP contribution in [-0.2, 0) is 0 Å². The molecule has 0 aromatic heterocycles. The molecule has 7 heavy (non-hydrogen) atoms. The van der Waals surface area contributed by atoms with Crippen LogP contribution < -0.4 is 4.13 Å². The van der Waals surface area contributed by atoms with Gasteiger partial charge in [-0.25, -0.2) is 4.13 Å². The highest BCUT2D eigenvalue weighted by atomic mass is 33.1. The molecule has 0 fully saturated rings. The molecule has 0 aliphatic heterocycles. The number of rotatable bonds is 3. The van der Waals surface area contributed by atoms with Gasteiger partial charge in [-0.15, -0.1) is 0 Å². The number of hydrogen-bond donors (Lipinski definition) is 2. The van der Waals surface area contributed by atoms with Crippen LogP contribution in [0.4, 0.5) is 0 Å². The average Bonchev–Trinajstić information content (AvgIpc) is 1.61. The van der Waals surface area contributed by atoms with Crippen molar-refractivity contribution in [1.82, 2.24) is 4.13 Å². The minimum absolute atomic E-state index is 0.671. The van der Waals surface area contributed by atoms with Gasteiger partial charge in [-0.3, -0.25) is 0 Å². The van der Waals surface area contributed by atoms with Crippen LogP contribution in [0.2, 0.25) is 0 Å². The first-order chi connectivity index (χ1) is 3.27. The molecule has 1 nitrogen and oxygen atoms in total. The zero-order valence-corrected chi connectivity index (χ0v) is 6.87. The van der Waals surface area contributed by atoms with E-state index >= 15 is 0 Å². The first-order valence-electron chi connectivity index (χ1n) is 1.98. The fraction of sp³-hybridized carbons (Fsp3) is 1.00. The third-order valence-electron chi connectivity index (χ3n) is 0.278. The molecule has 0 aromatic rings. The fourth-order valence-corrected chi connectivity index (χ4v) is 1.45. The predicted octanol–water partition coefficient (Wildman–Crippen LogP) is 2.13. The summed E-state index contributed by atoms with van der Waals surface area (Å²) in [4.78, 5) is 0. The van der Waals surface area contributed by atoms with Gasteiger partial charge in [0.1, 0.15) is 0 Å². The lowest BCUT2D eigenvalue weighted by molar-refractivity contribution is 1.12. The topological polar surface area (TPSA) is 12.0 Å². The number of thiol groups is 1. The zero-order valence-electron chi connectivity index (χ0n) is 4.34. The van der Waals surface area contributed by atoms with Crippen molar-refractivity contribution in [2.75, 3.05) is 0 Å². The summed E-state index contributed by atoms with van der Waals surface area (Å²) in [6.07, 6.45) is 0. The van der Waals surface area contributed by atoms with Crippen LogP contribution in [0.25, 0.3) is 0 Å². The smallest absolute Gasteiger partial charge is 0.0107 e. The Morgan fingerprint density at radius 3 is 2.29 bits per heavy atom. The monoisotopic (exact) mass is 155 g/mol. The van der Waals surface area contributed by atoms with E-state index in [1.54, 1.807) is 21.8 Å². The van der Waals surface area contributed by atoms with Crippen LogP contribution in [0, 0.1) is 0 Å². The van der Waals surface area contributed by atoms with Crippen molar-refractivity contribution < 1.29 is 0 Å². The van der Waals surface area contributed by atoms with E-state index in [9.17, 15) is 0 Å². The maximum atomic E-state index is 3.79. The summed E-state index contributed by atoms with van der Waals surface area (Å²) in [6.45, 7) is 4.28. The summed E-state index contributed by atoms with van der Waals surface area (Å²) in [6, 6.07) is 0. The largest absolute Gasteiger partial charge is 0.201 e. The molecule has 44 valence electrons. The fourth-order valence-electron chi connectivity index (χ4n) is 0.118. The van der Waals surface area contributed by atoms with E-state index in [1.165, 1.54) is 0 Å². The van der Waals surface area contributed by atoms with Gasteiger partial charge in [0, 0.05) is 5.25 Å². The Kier molecular flexibility index (Phi) is 5.90. The van der Waals surface area contributed by atoms with Gasteiger partial charge in [0.25, 0.3) is 0 Å². The van der Waals surface area contributed by atoms with Crippen LogP contribution in [0.3, 0.4) is 0 Å². The summed E-state index contributed by atoms with van der Waals surface area (Å²) in [5.74, 6) is 0. The third-order valence-corrected chi connectivity index (χ3v) is 3.17. The number of nitrogens with one attached hydrogen (secondary N) is 1. The Hall–Kier alpha value is 1.01. The Morgan fingerprint density at radius 1 is 1.57 bits per heavy atom. The standard InChI is InChI=1S/C3H9NS3/c1-3(2)6-7-4-5/h3-5H,1-2H3. The van der Waals surface area contributed by atoms with Crippen molar-refractivity contribution >= 4 is 34.6 Å². The molecule has 0 radical (unpaired) electrons. The van der Waals surface area contributed by atoms with Crippen molar-refractivity contribution in [1.29, 1.82) is 0 Å². The molecule has 0 amide bonds. The van der Waals surface area contributed by atoms with Crippen LogP contribution >= 0.6 is 34.6 Å². The van der Waals surface area contributed by atoms with Crippen LogP contribution in [0.1, 0.15) is 13.8 Å². The summed E-state index contributed by atoms with van der Waals surface area (Å²) in [7, 11) is 3.31. The van der Waals surface area contributed by atoms with Gasteiger partial charge in [-0.2, -0.15) is 0 Å².